The van der Waals surface area contributed by atoms with Crippen molar-refractivity contribution in [3.8, 4) is 0 Å². The number of halogens is 6. The average Bonchev–Trinajstić information content (AvgIpc) is 2.25. The fourth-order valence-corrected chi connectivity index (χ4v) is 1.24. The molecule has 0 aromatic rings. The summed E-state index contributed by atoms with van der Waals surface area (Å²) in [5, 5.41) is 0.981. The van der Waals surface area contributed by atoms with Gasteiger partial charge in [-0.15, -0.1) is 0 Å². The van der Waals surface area contributed by atoms with Gasteiger partial charge < -0.3 is 10.1 Å². The van der Waals surface area contributed by atoms with Crippen molar-refractivity contribution in [3.05, 3.63) is 0 Å². The van der Waals surface area contributed by atoms with Crippen LogP contribution in [0.1, 0.15) is 0 Å². The summed E-state index contributed by atoms with van der Waals surface area (Å²) in [6.07, 6.45) is -6.02. The van der Waals surface area contributed by atoms with E-state index in [2.05, 4.69) is 20.7 Å². The lowest BCUT2D eigenvalue weighted by atomic mass is 10.2. The zero-order chi connectivity index (χ0) is 14.6. The van der Waals surface area contributed by atoms with Crippen molar-refractivity contribution in [1.82, 2.24) is 5.32 Å². The zero-order valence-corrected chi connectivity index (χ0v) is 10.6. The molecule has 0 heterocycles. The molecule has 0 rings (SSSR count). The van der Waals surface area contributed by atoms with Gasteiger partial charge in [0, 0.05) is 7.11 Å². The van der Waals surface area contributed by atoms with E-state index in [0.29, 0.717) is 0 Å². The lowest BCUT2D eigenvalue weighted by Gasteiger charge is -2.22. The molecule has 4 nitrogen and oxygen atoms in total. The first-order chi connectivity index (χ1) is 8.07. The molecule has 0 aromatic heterocycles. The number of methoxy groups -OCH3 is 1. The predicted molar refractivity (Wildman–Crippen MR) is 53.6 cm³/mol. The van der Waals surface area contributed by atoms with Crippen LogP contribution in [0.2, 0.25) is 0 Å². The topological polar surface area (TPSA) is 55.4 Å². The minimum absolute atomic E-state index is 0.321. The van der Waals surface area contributed by atoms with Crippen LogP contribution in [0.3, 0.4) is 0 Å². The summed E-state index contributed by atoms with van der Waals surface area (Å²) in [7, 11) is 1.10. The van der Waals surface area contributed by atoms with Crippen LogP contribution in [-0.2, 0) is 14.3 Å². The van der Waals surface area contributed by atoms with Crippen LogP contribution in [-0.4, -0.2) is 48.9 Å². The smallest absolute Gasteiger partial charge is 0.382 e. The Hall–Kier alpha value is -0.770. The van der Waals surface area contributed by atoms with E-state index in [4.69, 9.17) is 0 Å². The lowest BCUT2D eigenvalue weighted by Crippen LogP contribution is -2.55. The molecule has 18 heavy (non-hydrogen) atoms. The Morgan fingerprint density at radius 2 is 1.78 bits per heavy atom. The molecule has 0 spiro atoms. The third kappa shape index (κ3) is 4.16. The van der Waals surface area contributed by atoms with E-state index in [9.17, 15) is 31.5 Å². The number of ether oxygens (including phenoxy) is 1. The molecule has 1 unspecified atom stereocenters. The fraction of sp³-hybridized carbons (Fsp3) is 0.750. The van der Waals surface area contributed by atoms with Gasteiger partial charge in [0.25, 0.3) is 0 Å². The maximum absolute atomic E-state index is 12.6. The van der Waals surface area contributed by atoms with Gasteiger partial charge in [0.15, 0.2) is 5.78 Å². The van der Waals surface area contributed by atoms with E-state index in [1.165, 1.54) is 5.32 Å². The van der Waals surface area contributed by atoms with Crippen molar-refractivity contribution in [2.24, 2.45) is 0 Å². The first-order valence-electron chi connectivity index (χ1n) is 4.41. The van der Waals surface area contributed by atoms with Crippen molar-refractivity contribution in [2.45, 2.75) is 18.1 Å². The maximum atomic E-state index is 12.6. The Labute approximate surface area is 107 Å². The SMILES string of the molecule is COCC(NC(=O)C(F)(F)C(F)(F)F)C(=O)CBr. The molecule has 0 radical (unpaired) electrons. The Morgan fingerprint density at radius 3 is 2.11 bits per heavy atom. The summed E-state index contributed by atoms with van der Waals surface area (Å²) in [5.74, 6) is -8.94. The second-order valence-corrected chi connectivity index (χ2v) is 3.71. The number of nitrogens with one attached hydrogen (secondary N) is 1. The van der Waals surface area contributed by atoms with Gasteiger partial charge in [0.1, 0.15) is 6.04 Å². The molecule has 0 aliphatic rings. The van der Waals surface area contributed by atoms with Crippen LogP contribution in [0, 0.1) is 0 Å². The first kappa shape index (κ1) is 17.2. The predicted octanol–water partition coefficient (Wildman–Crippen LogP) is 1.28. The summed E-state index contributed by atoms with van der Waals surface area (Å²) >= 11 is 2.70. The molecule has 1 amide bonds. The molecule has 106 valence electrons. The molecule has 0 fully saturated rings. The number of hydrogen-bond donors (Lipinski definition) is 1. The first-order valence-corrected chi connectivity index (χ1v) is 5.53. The van der Waals surface area contributed by atoms with E-state index in [0.717, 1.165) is 7.11 Å². The highest BCUT2D eigenvalue weighted by Gasteiger charge is 2.63. The van der Waals surface area contributed by atoms with Gasteiger partial charge in [0.2, 0.25) is 0 Å². The largest absolute Gasteiger partial charge is 0.463 e. The van der Waals surface area contributed by atoms with Gasteiger partial charge >= 0.3 is 18.0 Å². The second kappa shape index (κ2) is 6.41. The van der Waals surface area contributed by atoms with E-state index >= 15 is 0 Å². The van der Waals surface area contributed by atoms with Crippen LogP contribution in [0.4, 0.5) is 22.0 Å². The molecular formula is C8H9BrF5NO3. The van der Waals surface area contributed by atoms with Crippen LogP contribution in [0.5, 0.6) is 0 Å². The van der Waals surface area contributed by atoms with Crippen molar-refractivity contribution in [3.63, 3.8) is 0 Å². The van der Waals surface area contributed by atoms with Crippen molar-refractivity contribution >= 4 is 27.6 Å². The van der Waals surface area contributed by atoms with E-state index in [1.807, 2.05) is 0 Å². The van der Waals surface area contributed by atoms with Crippen molar-refractivity contribution in [2.75, 3.05) is 19.0 Å². The number of alkyl halides is 6. The third-order valence-corrected chi connectivity index (χ3v) is 2.35. The standard InChI is InChI=1S/C8H9BrF5NO3/c1-18-3-4(5(16)2-9)15-6(17)7(10,11)8(12,13)14/h4H,2-3H2,1H3,(H,15,17). The van der Waals surface area contributed by atoms with Gasteiger partial charge in [-0.1, -0.05) is 15.9 Å². The minimum Gasteiger partial charge on any atom is -0.382 e. The number of carbonyl (C=O) groups excluding carboxylic acids is 2. The van der Waals surface area contributed by atoms with Gasteiger partial charge in [-0.05, 0) is 0 Å². The quantitative estimate of drug-likeness (QED) is 0.585. The lowest BCUT2D eigenvalue weighted by molar-refractivity contribution is -0.270. The summed E-state index contributed by atoms with van der Waals surface area (Å²) in [6.45, 7) is -0.510. The normalized spacial score (nSPS) is 14.2. The van der Waals surface area contributed by atoms with Crippen LogP contribution in [0.15, 0.2) is 0 Å². The Kier molecular flexibility index (Phi) is 6.14. The fourth-order valence-electron chi connectivity index (χ4n) is 0.853. The number of Topliss-reactive ketones (excluding diaryl/α,β-unsaturated/α-hetero) is 1. The zero-order valence-electron chi connectivity index (χ0n) is 8.98. The highest BCUT2D eigenvalue weighted by Crippen LogP contribution is 2.35. The minimum atomic E-state index is -6.02. The second-order valence-electron chi connectivity index (χ2n) is 3.15. The third-order valence-electron chi connectivity index (χ3n) is 1.80. The molecule has 0 saturated carbocycles. The van der Waals surface area contributed by atoms with E-state index in [1.54, 1.807) is 0 Å². The monoisotopic (exact) mass is 341 g/mol. The molecular weight excluding hydrogens is 333 g/mol. The van der Waals surface area contributed by atoms with Gasteiger partial charge in [-0.3, -0.25) is 9.59 Å². The van der Waals surface area contributed by atoms with Crippen molar-refractivity contribution < 1.29 is 36.3 Å². The van der Waals surface area contributed by atoms with E-state index in [-0.39, 0.29) is 5.33 Å². The van der Waals surface area contributed by atoms with Gasteiger partial charge in [-0.2, -0.15) is 22.0 Å². The van der Waals surface area contributed by atoms with Crippen LogP contribution < -0.4 is 5.32 Å². The summed E-state index contributed by atoms with van der Waals surface area (Å²) < 4.78 is 65.2. The highest BCUT2D eigenvalue weighted by atomic mass is 79.9. The average molecular weight is 342 g/mol. The summed E-state index contributed by atoms with van der Waals surface area (Å²) in [4.78, 5) is 22.0. The molecule has 1 N–H and O–H groups in total. The van der Waals surface area contributed by atoms with Gasteiger partial charge in [-0.25, -0.2) is 0 Å². The summed E-state index contributed by atoms with van der Waals surface area (Å²) in [5.41, 5.74) is 0. The Bertz CT molecular complexity index is 320. The maximum Gasteiger partial charge on any atom is 0.463 e. The van der Waals surface area contributed by atoms with Crippen LogP contribution in [0.25, 0.3) is 0 Å². The van der Waals surface area contributed by atoms with Crippen molar-refractivity contribution in [1.29, 1.82) is 0 Å². The molecule has 0 saturated heterocycles. The highest BCUT2D eigenvalue weighted by molar-refractivity contribution is 9.09. The van der Waals surface area contributed by atoms with Gasteiger partial charge in [0.05, 0.1) is 11.9 Å². The Morgan fingerprint density at radius 1 is 1.28 bits per heavy atom. The summed E-state index contributed by atoms with van der Waals surface area (Å²) in [6, 6.07) is -1.57. The molecule has 10 heteroatoms. The molecule has 0 aliphatic carbocycles. The number of ketones is 1. The number of amides is 1. The number of rotatable bonds is 6. The number of carbonyl (C=O) groups is 2. The Balaban J connectivity index is 4.85. The molecule has 0 aliphatic heterocycles. The van der Waals surface area contributed by atoms with Crippen LogP contribution >= 0.6 is 15.9 Å². The van der Waals surface area contributed by atoms with E-state index < -0.39 is 36.4 Å². The number of hydrogen-bond acceptors (Lipinski definition) is 3. The molecule has 0 bridgehead atoms. The molecule has 1 atom stereocenters. The molecule has 0 aromatic carbocycles.